The highest BCUT2D eigenvalue weighted by atomic mass is 79.9. The standard InChI is InChI=1S/C13H18Br2N2O2/c1-4-19-12-10(14)5-9(6-11(12)15)7-17-8(2)13(18)16-3/h5-6,8,17H,4,7H2,1-3H3,(H,16,18). The third-order valence-corrected chi connectivity index (χ3v) is 3.78. The molecule has 1 atom stereocenters. The minimum Gasteiger partial charge on any atom is -0.492 e. The van der Waals surface area contributed by atoms with E-state index in [1.54, 1.807) is 7.05 Å². The number of rotatable bonds is 6. The van der Waals surface area contributed by atoms with Crippen LogP contribution in [-0.4, -0.2) is 25.6 Å². The number of halogens is 2. The average molecular weight is 394 g/mol. The highest BCUT2D eigenvalue weighted by Crippen LogP contribution is 2.34. The second-order valence-corrected chi connectivity index (χ2v) is 5.75. The van der Waals surface area contributed by atoms with Crippen molar-refractivity contribution in [3.05, 3.63) is 26.6 Å². The summed E-state index contributed by atoms with van der Waals surface area (Å²) in [6.07, 6.45) is 0. The molecule has 106 valence electrons. The number of nitrogens with one attached hydrogen (secondary N) is 2. The summed E-state index contributed by atoms with van der Waals surface area (Å²) in [6, 6.07) is 3.74. The van der Waals surface area contributed by atoms with Crippen LogP contribution in [0.25, 0.3) is 0 Å². The van der Waals surface area contributed by atoms with Crippen LogP contribution < -0.4 is 15.4 Å². The lowest BCUT2D eigenvalue weighted by Gasteiger charge is -2.14. The van der Waals surface area contributed by atoms with E-state index in [0.717, 1.165) is 20.3 Å². The van der Waals surface area contributed by atoms with Crippen LogP contribution in [0.2, 0.25) is 0 Å². The molecule has 4 nitrogen and oxygen atoms in total. The van der Waals surface area contributed by atoms with Crippen molar-refractivity contribution in [1.29, 1.82) is 0 Å². The molecule has 0 heterocycles. The lowest BCUT2D eigenvalue weighted by atomic mass is 10.2. The van der Waals surface area contributed by atoms with Crippen molar-refractivity contribution in [2.45, 2.75) is 26.4 Å². The molecule has 1 rings (SSSR count). The molecular formula is C13H18Br2N2O2. The second-order valence-electron chi connectivity index (χ2n) is 4.04. The molecule has 1 amide bonds. The molecule has 0 radical (unpaired) electrons. The summed E-state index contributed by atoms with van der Waals surface area (Å²) in [6.45, 7) is 5.00. The lowest BCUT2D eigenvalue weighted by Crippen LogP contribution is -2.40. The fourth-order valence-corrected chi connectivity index (χ4v) is 3.09. The van der Waals surface area contributed by atoms with E-state index in [0.29, 0.717) is 13.2 Å². The summed E-state index contributed by atoms with van der Waals surface area (Å²) < 4.78 is 7.32. The fraction of sp³-hybridized carbons (Fsp3) is 0.462. The van der Waals surface area contributed by atoms with Crippen LogP contribution in [0, 0.1) is 0 Å². The highest BCUT2D eigenvalue weighted by molar-refractivity contribution is 9.11. The van der Waals surface area contributed by atoms with Gasteiger partial charge in [-0.2, -0.15) is 0 Å². The molecule has 0 fully saturated rings. The van der Waals surface area contributed by atoms with Crippen LogP contribution in [-0.2, 0) is 11.3 Å². The van der Waals surface area contributed by atoms with Gasteiger partial charge in [-0.15, -0.1) is 0 Å². The predicted octanol–water partition coefficient (Wildman–Crippen LogP) is 2.83. The summed E-state index contributed by atoms with van der Waals surface area (Å²) in [5.74, 6) is 0.773. The number of likely N-dealkylation sites (N-methyl/N-ethyl adjacent to an activating group) is 1. The highest BCUT2D eigenvalue weighted by Gasteiger charge is 2.12. The third kappa shape index (κ3) is 4.78. The first-order chi connectivity index (χ1) is 8.99. The minimum absolute atomic E-state index is 0.0240. The van der Waals surface area contributed by atoms with E-state index >= 15 is 0 Å². The molecule has 2 N–H and O–H groups in total. The average Bonchev–Trinajstić information content (AvgIpc) is 2.39. The summed E-state index contributed by atoms with van der Waals surface area (Å²) >= 11 is 6.97. The summed E-state index contributed by atoms with van der Waals surface area (Å²) in [7, 11) is 1.63. The molecule has 1 aromatic rings. The van der Waals surface area contributed by atoms with Crippen molar-refractivity contribution in [2.24, 2.45) is 0 Å². The monoisotopic (exact) mass is 392 g/mol. The third-order valence-electron chi connectivity index (χ3n) is 2.60. The molecule has 0 bridgehead atoms. The Hall–Kier alpha value is -0.590. The Balaban J connectivity index is 2.73. The number of carbonyl (C=O) groups is 1. The van der Waals surface area contributed by atoms with Crippen LogP contribution >= 0.6 is 31.9 Å². The van der Waals surface area contributed by atoms with Crippen LogP contribution in [0.1, 0.15) is 19.4 Å². The summed E-state index contributed by atoms with van der Waals surface area (Å²) in [5, 5.41) is 5.77. The van der Waals surface area contributed by atoms with Gasteiger partial charge in [0.1, 0.15) is 5.75 Å². The minimum atomic E-state index is -0.228. The first kappa shape index (κ1) is 16.5. The van der Waals surface area contributed by atoms with Gasteiger partial charge >= 0.3 is 0 Å². The van der Waals surface area contributed by atoms with E-state index < -0.39 is 0 Å². The molecule has 1 unspecified atom stereocenters. The number of benzene rings is 1. The molecule has 1 aromatic carbocycles. The van der Waals surface area contributed by atoms with E-state index in [9.17, 15) is 4.79 Å². The Morgan fingerprint density at radius 1 is 1.37 bits per heavy atom. The van der Waals surface area contributed by atoms with Crippen molar-refractivity contribution in [1.82, 2.24) is 10.6 Å². The van der Waals surface area contributed by atoms with Crippen molar-refractivity contribution < 1.29 is 9.53 Å². The molecular weight excluding hydrogens is 376 g/mol. The molecule has 0 saturated carbocycles. The Labute approximate surface area is 130 Å². The van der Waals surface area contributed by atoms with Crippen LogP contribution in [0.15, 0.2) is 21.1 Å². The number of ether oxygens (including phenoxy) is 1. The lowest BCUT2D eigenvalue weighted by molar-refractivity contribution is -0.122. The van der Waals surface area contributed by atoms with E-state index in [1.807, 2.05) is 26.0 Å². The second kappa shape index (κ2) is 7.87. The number of carbonyl (C=O) groups excluding carboxylic acids is 1. The van der Waals surface area contributed by atoms with Gasteiger partial charge in [-0.25, -0.2) is 0 Å². The zero-order valence-electron chi connectivity index (χ0n) is 11.2. The number of hydrogen-bond acceptors (Lipinski definition) is 3. The molecule has 19 heavy (non-hydrogen) atoms. The first-order valence-electron chi connectivity index (χ1n) is 6.05. The quantitative estimate of drug-likeness (QED) is 0.781. The Morgan fingerprint density at radius 2 is 1.95 bits per heavy atom. The van der Waals surface area contributed by atoms with Crippen molar-refractivity contribution >= 4 is 37.8 Å². The summed E-state index contributed by atoms with van der Waals surface area (Å²) in [5.41, 5.74) is 1.07. The van der Waals surface area contributed by atoms with Crippen molar-refractivity contribution in [2.75, 3.05) is 13.7 Å². The first-order valence-corrected chi connectivity index (χ1v) is 7.63. The van der Waals surface area contributed by atoms with Gasteiger partial charge < -0.3 is 15.4 Å². The molecule has 0 aliphatic carbocycles. The molecule has 0 aromatic heterocycles. The Bertz CT molecular complexity index is 429. The zero-order chi connectivity index (χ0) is 14.4. The smallest absolute Gasteiger partial charge is 0.236 e. The Morgan fingerprint density at radius 3 is 2.42 bits per heavy atom. The molecule has 0 saturated heterocycles. The van der Waals surface area contributed by atoms with E-state index in [-0.39, 0.29) is 11.9 Å². The van der Waals surface area contributed by atoms with Gasteiger partial charge in [0, 0.05) is 13.6 Å². The normalized spacial score (nSPS) is 12.1. The van der Waals surface area contributed by atoms with Crippen LogP contribution in [0.5, 0.6) is 5.75 Å². The fourth-order valence-electron chi connectivity index (χ4n) is 1.58. The molecule has 6 heteroatoms. The number of amides is 1. The van der Waals surface area contributed by atoms with Crippen LogP contribution in [0.4, 0.5) is 0 Å². The predicted molar refractivity (Wildman–Crippen MR) is 83.4 cm³/mol. The van der Waals surface area contributed by atoms with E-state index in [1.165, 1.54) is 0 Å². The molecule has 0 aliphatic rings. The van der Waals surface area contributed by atoms with E-state index in [2.05, 4.69) is 42.5 Å². The zero-order valence-corrected chi connectivity index (χ0v) is 14.4. The summed E-state index contributed by atoms with van der Waals surface area (Å²) in [4.78, 5) is 11.4. The maximum absolute atomic E-state index is 11.4. The van der Waals surface area contributed by atoms with Crippen molar-refractivity contribution in [3.63, 3.8) is 0 Å². The maximum Gasteiger partial charge on any atom is 0.236 e. The van der Waals surface area contributed by atoms with Gasteiger partial charge in [-0.1, -0.05) is 0 Å². The number of hydrogen-bond donors (Lipinski definition) is 2. The molecule has 0 spiro atoms. The van der Waals surface area contributed by atoms with Gasteiger partial charge in [0.15, 0.2) is 0 Å². The topological polar surface area (TPSA) is 50.4 Å². The maximum atomic E-state index is 11.4. The van der Waals surface area contributed by atoms with Crippen LogP contribution in [0.3, 0.4) is 0 Å². The van der Waals surface area contributed by atoms with E-state index in [4.69, 9.17) is 4.74 Å². The van der Waals surface area contributed by atoms with Crippen molar-refractivity contribution in [3.8, 4) is 5.75 Å². The van der Waals surface area contributed by atoms with Gasteiger partial charge in [-0.05, 0) is 63.4 Å². The Kier molecular flexibility index (Phi) is 6.82. The molecule has 0 aliphatic heterocycles. The largest absolute Gasteiger partial charge is 0.492 e. The van der Waals surface area contributed by atoms with Gasteiger partial charge in [-0.3, -0.25) is 4.79 Å². The van der Waals surface area contributed by atoms with Gasteiger partial charge in [0.25, 0.3) is 0 Å². The SMILES string of the molecule is CCOc1c(Br)cc(CNC(C)C(=O)NC)cc1Br. The van der Waals surface area contributed by atoms with Gasteiger partial charge in [0.2, 0.25) is 5.91 Å². The van der Waals surface area contributed by atoms with Gasteiger partial charge in [0.05, 0.1) is 21.6 Å².